The van der Waals surface area contributed by atoms with E-state index in [2.05, 4.69) is 0 Å². The number of alkyl halides is 2. The van der Waals surface area contributed by atoms with Gasteiger partial charge in [0.1, 0.15) is 0 Å². The highest BCUT2D eigenvalue weighted by Crippen LogP contribution is 2.51. The highest BCUT2D eigenvalue weighted by molar-refractivity contribution is 5.66. The third kappa shape index (κ3) is 1.65. The van der Waals surface area contributed by atoms with Gasteiger partial charge in [-0.2, -0.15) is 0 Å². The first-order chi connectivity index (χ1) is 4.52. The maximum Gasteiger partial charge on any atom is 0.303 e. The number of carboxylic acid groups (broad SMARTS) is 1. The lowest BCUT2D eigenvalue weighted by atomic mass is 10.2. The van der Waals surface area contributed by atoms with Crippen LogP contribution in [0.3, 0.4) is 0 Å². The summed E-state index contributed by atoms with van der Waals surface area (Å²) in [7, 11) is 0. The standard InChI is InChI=1S/C6H8F2O2/c7-6(8)3-4(6)1-2-5(9)10/h4H,1-3H2,(H,9,10). The molecule has 0 aromatic heterocycles. The molecule has 1 aliphatic carbocycles. The Morgan fingerprint density at radius 1 is 1.70 bits per heavy atom. The summed E-state index contributed by atoms with van der Waals surface area (Å²) in [6.07, 6.45) is -0.150. The molecule has 0 saturated heterocycles. The fourth-order valence-electron chi connectivity index (χ4n) is 0.881. The lowest BCUT2D eigenvalue weighted by molar-refractivity contribution is -0.137. The van der Waals surface area contributed by atoms with Gasteiger partial charge in [-0.05, 0) is 6.42 Å². The van der Waals surface area contributed by atoms with Crippen LogP contribution in [0.4, 0.5) is 8.78 Å². The quantitative estimate of drug-likeness (QED) is 0.662. The van der Waals surface area contributed by atoms with E-state index in [9.17, 15) is 13.6 Å². The number of carbonyl (C=O) groups is 1. The maximum absolute atomic E-state index is 12.1. The Labute approximate surface area is 56.8 Å². The highest BCUT2D eigenvalue weighted by atomic mass is 19.3. The molecule has 58 valence electrons. The van der Waals surface area contributed by atoms with Gasteiger partial charge in [0.15, 0.2) is 0 Å². The van der Waals surface area contributed by atoms with E-state index < -0.39 is 17.8 Å². The van der Waals surface area contributed by atoms with Crippen molar-refractivity contribution in [2.24, 2.45) is 5.92 Å². The molecular weight excluding hydrogens is 142 g/mol. The SMILES string of the molecule is O=C(O)CCC1CC1(F)F. The molecule has 0 radical (unpaired) electrons. The molecule has 0 aromatic carbocycles. The summed E-state index contributed by atoms with van der Waals surface area (Å²) < 4.78 is 24.1. The minimum absolute atomic E-state index is 0.113. The van der Waals surface area contributed by atoms with Crippen LogP contribution in [0.15, 0.2) is 0 Å². The summed E-state index contributed by atoms with van der Waals surface area (Å²) >= 11 is 0. The second-order valence-electron chi connectivity index (χ2n) is 2.59. The molecule has 1 aliphatic rings. The predicted molar refractivity (Wildman–Crippen MR) is 29.9 cm³/mol. The number of halogens is 2. The molecule has 1 atom stereocenters. The molecule has 4 heteroatoms. The molecule has 0 heterocycles. The van der Waals surface area contributed by atoms with Crippen LogP contribution in [0, 0.1) is 5.92 Å². The Kier molecular flexibility index (Phi) is 1.62. The second kappa shape index (κ2) is 2.18. The number of carboxylic acids is 1. The zero-order chi connectivity index (χ0) is 7.78. The van der Waals surface area contributed by atoms with E-state index in [1.807, 2.05) is 0 Å². The van der Waals surface area contributed by atoms with Crippen LogP contribution in [0.1, 0.15) is 19.3 Å². The number of hydrogen-bond donors (Lipinski definition) is 1. The fraction of sp³-hybridized carbons (Fsp3) is 0.833. The minimum atomic E-state index is -2.56. The molecule has 0 amide bonds. The molecule has 1 N–H and O–H groups in total. The Morgan fingerprint density at radius 2 is 2.20 bits per heavy atom. The van der Waals surface area contributed by atoms with Crippen molar-refractivity contribution in [3.63, 3.8) is 0 Å². The van der Waals surface area contributed by atoms with Gasteiger partial charge in [0.25, 0.3) is 5.92 Å². The van der Waals surface area contributed by atoms with E-state index in [1.54, 1.807) is 0 Å². The molecule has 0 spiro atoms. The molecule has 2 nitrogen and oxygen atoms in total. The van der Waals surface area contributed by atoms with Gasteiger partial charge in [-0.25, -0.2) is 8.78 Å². The van der Waals surface area contributed by atoms with E-state index in [1.165, 1.54) is 0 Å². The Hall–Kier alpha value is -0.670. The van der Waals surface area contributed by atoms with Gasteiger partial charge in [0.2, 0.25) is 0 Å². The molecule has 0 bridgehead atoms. The fourth-order valence-corrected chi connectivity index (χ4v) is 0.881. The Morgan fingerprint density at radius 3 is 2.50 bits per heavy atom. The van der Waals surface area contributed by atoms with Crippen molar-refractivity contribution in [3.8, 4) is 0 Å². The normalized spacial score (nSPS) is 28.0. The summed E-state index contributed by atoms with van der Waals surface area (Å²) in [6, 6.07) is 0. The third-order valence-electron chi connectivity index (χ3n) is 1.66. The van der Waals surface area contributed by atoms with E-state index >= 15 is 0 Å². The first-order valence-corrected chi connectivity index (χ1v) is 3.12. The van der Waals surface area contributed by atoms with Crippen molar-refractivity contribution in [2.45, 2.75) is 25.2 Å². The first-order valence-electron chi connectivity index (χ1n) is 3.12. The monoisotopic (exact) mass is 150 g/mol. The lowest BCUT2D eigenvalue weighted by Gasteiger charge is -1.92. The van der Waals surface area contributed by atoms with Crippen LogP contribution in [0.2, 0.25) is 0 Å². The minimum Gasteiger partial charge on any atom is -0.481 e. The van der Waals surface area contributed by atoms with Crippen LogP contribution in [-0.2, 0) is 4.79 Å². The van der Waals surface area contributed by atoms with Crippen LogP contribution in [0.25, 0.3) is 0 Å². The van der Waals surface area contributed by atoms with Gasteiger partial charge in [-0.15, -0.1) is 0 Å². The maximum atomic E-state index is 12.1. The van der Waals surface area contributed by atoms with E-state index in [4.69, 9.17) is 5.11 Å². The zero-order valence-electron chi connectivity index (χ0n) is 5.31. The van der Waals surface area contributed by atoms with Crippen molar-refractivity contribution in [1.82, 2.24) is 0 Å². The second-order valence-corrected chi connectivity index (χ2v) is 2.59. The van der Waals surface area contributed by atoms with Gasteiger partial charge in [0, 0.05) is 18.8 Å². The van der Waals surface area contributed by atoms with Crippen LogP contribution >= 0.6 is 0 Å². The Bertz CT molecular complexity index is 156. The van der Waals surface area contributed by atoms with E-state index in [0.717, 1.165) is 0 Å². The molecule has 1 unspecified atom stereocenters. The number of rotatable bonds is 3. The molecule has 0 aromatic rings. The summed E-state index contributed by atoms with van der Waals surface area (Å²) in [5.41, 5.74) is 0. The highest BCUT2D eigenvalue weighted by Gasteiger charge is 2.56. The van der Waals surface area contributed by atoms with Crippen LogP contribution < -0.4 is 0 Å². The smallest absolute Gasteiger partial charge is 0.303 e. The van der Waals surface area contributed by atoms with Gasteiger partial charge < -0.3 is 5.11 Å². The summed E-state index contributed by atoms with van der Waals surface area (Å²) in [4.78, 5) is 9.90. The van der Waals surface area contributed by atoms with Gasteiger partial charge in [-0.3, -0.25) is 4.79 Å². The van der Waals surface area contributed by atoms with Crippen molar-refractivity contribution in [1.29, 1.82) is 0 Å². The van der Waals surface area contributed by atoms with Gasteiger partial charge in [-0.1, -0.05) is 0 Å². The van der Waals surface area contributed by atoms with Crippen LogP contribution in [-0.4, -0.2) is 17.0 Å². The molecule has 1 rings (SSSR count). The Balaban J connectivity index is 2.13. The van der Waals surface area contributed by atoms with Gasteiger partial charge >= 0.3 is 5.97 Å². The lowest BCUT2D eigenvalue weighted by Crippen LogP contribution is -1.98. The largest absolute Gasteiger partial charge is 0.481 e. The first kappa shape index (κ1) is 7.44. The molecule has 10 heavy (non-hydrogen) atoms. The average molecular weight is 150 g/mol. The molecule has 1 fully saturated rings. The van der Waals surface area contributed by atoms with E-state index in [0.29, 0.717) is 0 Å². The van der Waals surface area contributed by atoms with Crippen molar-refractivity contribution >= 4 is 5.97 Å². The van der Waals surface area contributed by atoms with Gasteiger partial charge in [0.05, 0.1) is 0 Å². The summed E-state index contributed by atoms with van der Waals surface area (Å²) in [5, 5.41) is 8.12. The van der Waals surface area contributed by atoms with Crippen LogP contribution in [0.5, 0.6) is 0 Å². The predicted octanol–water partition coefficient (Wildman–Crippen LogP) is 1.51. The van der Waals surface area contributed by atoms with Crippen molar-refractivity contribution in [2.75, 3.05) is 0 Å². The summed E-state index contributed by atoms with van der Waals surface area (Å²) in [6.45, 7) is 0. The summed E-state index contributed by atoms with van der Waals surface area (Å²) in [5.74, 6) is -4.22. The van der Waals surface area contributed by atoms with E-state index in [-0.39, 0.29) is 19.3 Å². The number of aliphatic carboxylic acids is 1. The van der Waals surface area contributed by atoms with Crippen molar-refractivity contribution < 1.29 is 18.7 Å². The molecule has 1 saturated carbocycles. The molecule has 0 aliphatic heterocycles. The number of hydrogen-bond acceptors (Lipinski definition) is 1. The molecular formula is C6H8F2O2. The average Bonchev–Trinajstić information content (AvgIpc) is 2.35. The topological polar surface area (TPSA) is 37.3 Å². The van der Waals surface area contributed by atoms with Crippen molar-refractivity contribution in [3.05, 3.63) is 0 Å². The zero-order valence-corrected chi connectivity index (χ0v) is 5.31. The third-order valence-corrected chi connectivity index (χ3v) is 1.66.